The fraction of sp³-hybridized carbons (Fsp3) is 0.531. The number of likely N-dealkylation sites (tertiary alicyclic amines) is 1. The molecule has 3 amide bonds. The molecule has 0 aromatic heterocycles. The number of hydrogen-bond acceptors (Lipinski definition) is 5. The van der Waals surface area contributed by atoms with E-state index in [0.717, 1.165) is 11.1 Å². The Balaban J connectivity index is 0.000000528. The molecule has 1 fully saturated rings. The SMILES string of the molecule is CC(C)C(NC=O)B(O)O.CC1CN(C(=O)C(Cc2cccc(Cl)c2)NC(=O)C(C)(C)Cc2ccccc2)CC1(C)C. The highest BCUT2D eigenvalue weighted by Crippen LogP contribution is 2.35. The van der Waals surface area contributed by atoms with Gasteiger partial charge in [-0.25, -0.2) is 0 Å². The highest BCUT2D eigenvalue weighted by molar-refractivity contribution is 6.43. The van der Waals surface area contributed by atoms with Crippen molar-refractivity contribution in [2.24, 2.45) is 22.7 Å². The lowest BCUT2D eigenvalue weighted by Gasteiger charge is -2.30. The van der Waals surface area contributed by atoms with Crippen molar-refractivity contribution in [3.63, 3.8) is 0 Å². The molecule has 2 aromatic rings. The number of carbonyl (C=O) groups is 3. The zero-order valence-electron chi connectivity index (χ0n) is 25.9. The zero-order valence-corrected chi connectivity index (χ0v) is 26.7. The Hall–Kier alpha value is -2.88. The second kappa shape index (κ2) is 15.6. The Bertz CT molecular complexity index is 1170. The minimum absolute atomic E-state index is 0.0187. The summed E-state index contributed by atoms with van der Waals surface area (Å²) >= 11 is 6.18. The third-order valence-corrected chi connectivity index (χ3v) is 8.31. The van der Waals surface area contributed by atoms with E-state index >= 15 is 0 Å². The van der Waals surface area contributed by atoms with E-state index in [9.17, 15) is 14.4 Å². The second-order valence-corrected chi connectivity index (χ2v) is 13.4. The Morgan fingerprint density at radius 1 is 1.12 bits per heavy atom. The molecule has 0 radical (unpaired) electrons. The van der Waals surface area contributed by atoms with Gasteiger partial charge in [0.05, 0.1) is 5.94 Å². The highest BCUT2D eigenvalue weighted by Gasteiger charge is 2.41. The second-order valence-electron chi connectivity index (χ2n) is 13.0. The van der Waals surface area contributed by atoms with Crippen molar-refractivity contribution in [1.82, 2.24) is 15.5 Å². The first-order valence-corrected chi connectivity index (χ1v) is 14.9. The summed E-state index contributed by atoms with van der Waals surface area (Å²) in [6, 6.07) is 16.8. The van der Waals surface area contributed by atoms with Crippen LogP contribution in [0.1, 0.15) is 59.6 Å². The maximum Gasteiger partial charge on any atom is 0.475 e. The first kappa shape index (κ1) is 35.3. The molecule has 42 heavy (non-hydrogen) atoms. The number of nitrogens with one attached hydrogen (secondary N) is 2. The Kier molecular flexibility index (Phi) is 13.1. The Morgan fingerprint density at radius 2 is 1.74 bits per heavy atom. The molecule has 0 saturated carbocycles. The minimum atomic E-state index is -1.48. The molecule has 4 N–H and O–H groups in total. The fourth-order valence-corrected chi connectivity index (χ4v) is 5.23. The largest absolute Gasteiger partial charge is 0.475 e. The summed E-state index contributed by atoms with van der Waals surface area (Å²) in [6.45, 7) is 15.4. The van der Waals surface area contributed by atoms with Crippen LogP contribution in [0, 0.1) is 22.7 Å². The summed E-state index contributed by atoms with van der Waals surface area (Å²) in [6.07, 6.45) is 1.48. The van der Waals surface area contributed by atoms with Gasteiger partial charge in [0.15, 0.2) is 0 Å². The van der Waals surface area contributed by atoms with Crippen molar-refractivity contribution in [3.05, 3.63) is 70.7 Å². The van der Waals surface area contributed by atoms with Crippen molar-refractivity contribution in [2.45, 2.75) is 73.3 Å². The zero-order chi connectivity index (χ0) is 31.7. The smallest absolute Gasteiger partial charge is 0.426 e. The van der Waals surface area contributed by atoms with Gasteiger partial charge in [-0.15, -0.1) is 0 Å². The van der Waals surface area contributed by atoms with Crippen LogP contribution in [-0.4, -0.2) is 65.4 Å². The monoisotopic (exact) mass is 599 g/mol. The summed E-state index contributed by atoms with van der Waals surface area (Å²) in [5, 5.41) is 23.3. The third-order valence-electron chi connectivity index (χ3n) is 8.07. The molecule has 1 aliphatic heterocycles. The lowest BCUT2D eigenvalue weighted by molar-refractivity contribution is -0.138. The van der Waals surface area contributed by atoms with Gasteiger partial charge in [0, 0.05) is 29.9 Å². The molecule has 3 rings (SSSR count). The molecule has 10 heteroatoms. The first-order valence-electron chi connectivity index (χ1n) is 14.5. The molecule has 0 spiro atoms. The van der Waals surface area contributed by atoms with Gasteiger partial charge in [0.1, 0.15) is 6.04 Å². The lowest BCUT2D eigenvalue weighted by atomic mass is 9.73. The van der Waals surface area contributed by atoms with Gasteiger partial charge in [-0.2, -0.15) is 0 Å². The van der Waals surface area contributed by atoms with E-state index in [2.05, 4.69) is 31.4 Å². The lowest BCUT2D eigenvalue weighted by Crippen LogP contribution is -2.52. The molecule has 1 aliphatic rings. The van der Waals surface area contributed by atoms with E-state index in [-0.39, 0.29) is 23.1 Å². The van der Waals surface area contributed by atoms with Gasteiger partial charge in [-0.1, -0.05) is 103 Å². The van der Waals surface area contributed by atoms with Crippen LogP contribution in [0.3, 0.4) is 0 Å². The fourth-order valence-electron chi connectivity index (χ4n) is 5.02. The van der Waals surface area contributed by atoms with Crippen molar-refractivity contribution in [2.75, 3.05) is 13.1 Å². The minimum Gasteiger partial charge on any atom is -0.426 e. The molecule has 2 aromatic carbocycles. The van der Waals surface area contributed by atoms with Gasteiger partial charge in [0.2, 0.25) is 18.2 Å². The van der Waals surface area contributed by atoms with Gasteiger partial charge < -0.3 is 25.6 Å². The molecule has 0 aliphatic carbocycles. The van der Waals surface area contributed by atoms with Crippen LogP contribution in [0.15, 0.2) is 54.6 Å². The van der Waals surface area contributed by atoms with Gasteiger partial charge >= 0.3 is 7.12 Å². The standard InChI is InChI=1S/C27H35ClN2O2.C5H12BNO3/c1-19-17-30(18-27(19,4)5)24(31)23(15-21-12-9-13-22(28)14-21)29-25(32)26(2,3)16-20-10-7-6-8-11-20;1-4(2)5(6(9)10)7-3-8/h6-14,19,23H,15-18H2,1-5H3,(H,29,32);3-5,9-10H,1-2H3,(H,7,8). The van der Waals surface area contributed by atoms with Crippen molar-refractivity contribution in [3.8, 4) is 0 Å². The van der Waals surface area contributed by atoms with Crippen LogP contribution in [0.25, 0.3) is 0 Å². The van der Waals surface area contributed by atoms with Gasteiger partial charge in [-0.3, -0.25) is 14.4 Å². The van der Waals surface area contributed by atoms with Crippen LogP contribution in [-0.2, 0) is 27.2 Å². The Labute approximate surface area is 256 Å². The number of halogens is 1. The maximum atomic E-state index is 13.6. The van der Waals surface area contributed by atoms with E-state index in [1.54, 1.807) is 13.8 Å². The number of hydrogen-bond donors (Lipinski definition) is 4. The van der Waals surface area contributed by atoms with Crippen LogP contribution in [0.5, 0.6) is 0 Å². The molecular formula is C32H47BClN3O5. The van der Waals surface area contributed by atoms with Crippen LogP contribution < -0.4 is 10.6 Å². The normalized spacial score (nSPS) is 17.5. The topological polar surface area (TPSA) is 119 Å². The third kappa shape index (κ3) is 10.4. The van der Waals surface area contributed by atoms with Crippen LogP contribution in [0.4, 0.5) is 0 Å². The molecular weight excluding hydrogens is 553 g/mol. The Morgan fingerprint density at radius 3 is 2.21 bits per heavy atom. The van der Waals surface area contributed by atoms with Crippen LogP contribution in [0.2, 0.25) is 5.02 Å². The summed E-state index contributed by atoms with van der Waals surface area (Å²) < 4.78 is 0. The molecule has 230 valence electrons. The molecule has 3 unspecified atom stereocenters. The molecule has 3 atom stereocenters. The summed E-state index contributed by atoms with van der Waals surface area (Å²) in [5.41, 5.74) is 1.45. The molecule has 1 saturated heterocycles. The highest BCUT2D eigenvalue weighted by atomic mass is 35.5. The van der Waals surface area contributed by atoms with E-state index in [0.29, 0.717) is 43.3 Å². The maximum absolute atomic E-state index is 13.6. The first-order chi connectivity index (χ1) is 19.6. The summed E-state index contributed by atoms with van der Waals surface area (Å²) in [4.78, 5) is 38.7. The van der Waals surface area contributed by atoms with E-state index in [1.807, 2.05) is 73.3 Å². The van der Waals surface area contributed by atoms with Crippen molar-refractivity contribution in [1.29, 1.82) is 0 Å². The van der Waals surface area contributed by atoms with Crippen LogP contribution >= 0.6 is 11.6 Å². The van der Waals surface area contributed by atoms with Crippen molar-refractivity contribution < 1.29 is 24.4 Å². The number of carbonyl (C=O) groups excluding carboxylic acids is 3. The number of amides is 3. The van der Waals surface area contributed by atoms with Gasteiger partial charge in [-0.05, 0) is 46.9 Å². The predicted molar refractivity (Wildman–Crippen MR) is 169 cm³/mol. The summed E-state index contributed by atoms with van der Waals surface area (Å²) in [7, 11) is -1.48. The number of rotatable bonds is 11. The van der Waals surface area contributed by atoms with E-state index in [1.165, 1.54) is 0 Å². The van der Waals surface area contributed by atoms with E-state index in [4.69, 9.17) is 21.6 Å². The predicted octanol–water partition coefficient (Wildman–Crippen LogP) is 3.91. The molecule has 1 heterocycles. The number of nitrogens with zero attached hydrogens (tertiary/aromatic N) is 1. The molecule has 8 nitrogen and oxygen atoms in total. The van der Waals surface area contributed by atoms with Gasteiger partial charge in [0.25, 0.3) is 0 Å². The van der Waals surface area contributed by atoms with E-state index < -0.39 is 24.5 Å². The number of benzene rings is 2. The average Bonchev–Trinajstić information content (AvgIpc) is 3.18. The molecule has 0 bridgehead atoms. The van der Waals surface area contributed by atoms with Crippen molar-refractivity contribution >= 4 is 36.9 Å². The average molecular weight is 600 g/mol. The summed E-state index contributed by atoms with van der Waals surface area (Å²) in [5.74, 6) is -0.286. The quantitative estimate of drug-likeness (QED) is 0.231.